The summed E-state index contributed by atoms with van der Waals surface area (Å²) >= 11 is 0. The third kappa shape index (κ3) is 4.94. The first kappa shape index (κ1) is 36.7. The highest BCUT2D eigenvalue weighted by Gasteiger charge is 2.98. The van der Waals surface area contributed by atoms with Gasteiger partial charge >= 0.3 is 65.6 Å². The molecule has 0 rings (SSSR count). The Balaban J connectivity index is 7.29. The summed E-state index contributed by atoms with van der Waals surface area (Å²) in [7, 11) is 0. The molecule has 0 radical (unpaired) electrons. The lowest BCUT2D eigenvalue weighted by atomic mass is 9.87. The summed E-state index contributed by atoms with van der Waals surface area (Å²) in [6.45, 7) is 1.33. The Morgan fingerprint density at radius 3 is 1.05 bits per heavy atom. The van der Waals surface area contributed by atoms with E-state index in [0.717, 1.165) is 6.92 Å². The molecule has 0 spiro atoms. The van der Waals surface area contributed by atoms with Crippen molar-refractivity contribution in [2.45, 2.75) is 79.9 Å². The van der Waals surface area contributed by atoms with Gasteiger partial charge < -0.3 is 4.74 Å². The van der Waals surface area contributed by atoms with Gasteiger partial charge in [0.05, 0.1) is 0 Å². The molecular weight excluding hydrogens is 623 g/mol. The van der Waals surface area contributed by atoms with Crippen LogP contribution in [-0.2, 0) is 9.53 Å². The van der Waals surface area contributed by atoms with Crippen LogP contribution in [0.2, 0.25) is 0 Å². The highest BCUT2D eigenvalue weighted by atomic mass is 19.4. The molecule has 0 amide bonds. The fourth-order valence-electron chi connectivity index (χ4n) is 2.26. The maximum absolute atomic E-state index is 14.2. The number of halogens is 21. The molecule has 0 aliphatic carbocycles. The molecule has 0 aromatic carbocycles. The van der Waals surface area contributed by atoms with E-state index in [4.69, 9.17) is 0 Å². The van der Waals surface area contributed by atoms with Crippen LogP contribution >= 0.6 is 0 Å². The average Bonchev–Trinajstić information content (AvgIpc) is 2.70. The van der Waals surface area contributed by atoms with Gasteiger partial charge in [-0.05, 0) is 13.3 Å². The third-order valence-corrected chi connectivity index (χ3v) is 4.56. The first-order valence-electron chi connectivity index (χ1n) is 8.99. The first-order chi connectivity index (χ1) is 16.6. The second-order valence-electron chi connectivity index (χ2n) is 7.30. The predicted octanol–water partition coefficient (Wildman–Crippen LogP) is 8.12. The zero-order chi connectivity index (χ0) is 32.3. The van der Waals surface area contributed by atoms with Crippen LogP contribution < -0.4 is 0 Å². The van der Waals surface area contributed by atoms with Gasteiger partial charge in [-0.25, -0.2) is 4.79 Å². The molecule has 0 saturated carbocycles. The molecule has 0 saturated heterocycles. The number of alkyl halides is 21. The van der Waals surface area contributed by atoms with E-state index >= 15 is 0 Å². The molecule has 39 heavy (non-hydrogen) atoms. The van der Waals surface area contributed by atoms with Crippen LogP contribution in [0.3, 0.4) is 0 Å². The zero-order valence-electron chi connectivity index (χ0n) is 18.0. The molecule has 0 heterocycles. The zero-order valence-corrected chi connectivity index (χ0v) is 18.0. The van der Waals surface area contributed by atoms with Gasteiger partial charge in [-0.3, -0.25) is 0 Å². The molecule has 0 aromatic rings. The largest absolute Gasteiger partial charge is 0.467 e. The van der Waals surface area contributed by atoms with Crippen LogP contribution in [0, 0.1) is 0 Å². The van der Waals surface area contributed by atoms with Crippen LogP contribution in [0.15, 0.2) is 11.6 Å². The molecule has 0 aromatic heterocycles. The van der Waals surface area contributed by atoms with Gasteiger partial charge in [0.15, 0.2) is 0 Å². The molecule has 0 bridgehead atoms. The standard InChI is InChI=1S/C16H9F21O2/c1-3-4-5(2)6(38)39-14(31,16(35,36)37)12(27,28)10(23,24)8(19,20)7(17,18)9(21,22)11(25,26)13(29,30)15(32,33)34/h4H,3H2,1-2H3. The monoisotopic (exact) mass is 632 g/mol. The summed E-state index contributed by atoms with van der Waals surface area (Å²) in [6, 6.07) is 0. The Labute approximate surface area is 200 Å². The van der Waals surface area contributed by atoms with E-state index in [2.05, 4.69) is 4.74 Å². The Kier molecular flexibility index (Phi) is 9.12. The Morgan fingerprint density at radius 2 is 0.795 bits per heavy atom. The second-order valence-corrected chi connectivity index (χ2v) is 7.30. The van der Waals surface area contributed by atoms with Crippen molar-refractivity contribution in [2.24, 2.45) is 0 Å². The van der Waals surface area contributed by atoms with Crippen molar-refractivity contribution in [3.05, 3.63) is 11.6 Å². The number of rotatable bonds is 10. The summed E-state index contributed by atoms with van der Waals surface area (Å²) in [5, 5.41) is 0. The number of carbonyl (C=O) groups excluding carboxylic acids is 1. The van der Waals surface area contributed by atoms with Gasteiger partial charge in [-0.15, -0.1) is 0 Å². The Bertz CT molecular complexity index is 941. The van der Waals surface area contributed by atoms with E-state index in [1.54, 1.807) is 0 Å². The highest BCUT2D eigenvalue weighted by Crippen LogP contribution is 2.66. The van der Waals surface area contributed by atoms with Crippen LogP contribution in [0.5, 0.6) is 0 Å². The number of hydrogen-bond donors (Lipinski definition) is 0. The van der Waals surface area contributed by atoms with Crippen molar-refractivity contribution in [2.75, 3.05) is 0 Å². The van der Waals surface area contributed by atoms with Crippen molar-refractivity contribution in [1.29, 1.82) is 0 Å². The number of hydrogen-bond acceptors (Lipinski definition) is 2. The van der Waals surface area contributed by atoms with Crippen molar-refractivity contribution < 1.29 is 102 Å². The fraction of sp³-hybridized carbons (Fsp3) is 0.812. The van der Waals surface area contributed by atoms with Gasteiger partial charge in [-0.2, -0.15) is 92.2 Å². The minimum absolute atomic E-state index is 0.297. The minimum atomic E-state index is -9.25. The maximum atomic E-state index is 14.2. The normalized spacial score (nSPS) is 17.7. The lowest BCUT2D eigenvalue weighted by Crippen LogP contribution is -2.77. The predicted molar refractivity (Wildman–Crippen MR) is 80.7 cm³/mol. The van der Waals surface area contributed by atoms with Crippen molar-refractivity contribution in [1.82, 2.24) is 0 Å². The highest BCUT2D eigenvalue weighted by molar-refractivity contribution is 5.88. The summed E-state index contributed by atoms with van der Waals surface area (Å²) < 4.78 is 280. The lowest BCUT2D eigenvalue weighted by molar-refractivity contribution is -0.484. The number of ether oxygens (including phenoxy) is 1. The first-order valence-corrected chi connectivity index (χ1v) is 8.99. The molecule has 0 fully saturated rings. The average molecular weight is 632 g/mol. The van der Waals surface area contributed by atoms with Crippen molar-refractivity contribution >= 4 is 5.97 Å². The van der Waals surface area contributed by atoms with Crippen molar-refractivity contribution in [3.63, 3.8) is 0 Å². The maximum Gasteiger partial charge on any atom is 0.467 e. The molecule has 0 aliphatic heterocycles. The summed E-state index contributed by atoms with van der Waals surface area (Å²) in [4.78, 5) is 11.4. The molecular formula is C16H9F21O2. The molecule has 1 atom stereocenters. The number of allylic oxidation sites excluding steroid dienone is 1. The number of esters is 1. The molecule has 1 unspecified atom stereocenters. The van der Waals surface area contributed by atoms with E-state index in [1.807, 2.05) is 0 Å². The van der Waals surface area contributed by atoms with E-state index in [1.165, 1.54) is 0 Å². The molecule has 232 valence electrons. The second kappa shape index (κ2) is 9.68. The topological polar surface area (TPSA) is 26.3 Å². The summed E-state index contributed by atoms with van der Waals surface area (Å²) in [6.07, 6.45) is -15.9. The Morgan fingerprint density at radius 1 is 0.513 bits per heavy atom. The lowest BCUT2D eigenvalue weighted by Gasteiger charge is -2.44. The van der Waals surface area contributed by atoms with E-state index in [0.29, 0.717) is 13.0 Å². The SMILES string of the molecule is CCC=C(C)C(=O)OC(F)(C(F)(F)F)C(F)(F)C(F)(F)C(F)(F)C(F)(F)C(F)(F)C(F)(F)C(F)(F)C(F)(F)F. The van der Waals surface area contributed by atoms with Crippen molar-refractivity contribution in [3.8, 4) is 0 Å². The molecule has 0 N–H and O–H groups in total. The van der Waals surface area contributed by atoms with Gasteiger partial charge in [0.25, 0.3) is 0 Å². The van der Waals surface area contributed by atoms with E-state index < -0.39 is 77.6 Å². The van der Waals surface area contributed by atoms with E-state index in [-0.39, 0.29) is 0 Å². The number of carbonyl (C=O) groups is 1. The van der Waals surface area contributed by atoms with Crippen LogP contribution in [0.1, 0.15) is 20.3 Å². The third-order valence-electron chi connectivity index (χ3n) is 4.56. The molecule has 23 heteroatoms. The van der Waals surface area contributed by atoms with Crippen LogP contribution in [0.25, 0.3) is 0 Å². The summed E-state index contributed by atoms with van der Waals surface area (Å²) in [5.74, 6) is -73.7. The molecule has 2 nitrogen and oxygen atoms in total. The quantitative estimate of drug-likeness (QED) is 0.138. The van der Waals surface area contributed by atoms with Gasteiger partial charge in [-0.1, -0.05) is 13.0 Å². The van der Waals surface area contributed by atoms with E-state index in [9.17, 15) is 97.0 Å². The smallest absolute Gasteiger partial charge is 0.411 e. The Hall–Kier alpha value is -2.26. The van der Waals surface area contributed by atoms with Crippen LogP contribution in [-0.4, -0.2) is 65.6 Å². The van der Waals surface area contributed by atoms with Crippen LogP contribution in [0.4, 0.5) is 92.2 Å². The fourth-order valence-corrected chi connectivity index (χ4v) is 2.26. The van der Waals surface area contributed by atoms with Gasteiger partial charge in [0, 0.05) is 5.57 Å². The summed E-state index contributed by atoms with van der Waals surface area (Å²) in [5.41, 5.74) is -1.37. The minimum Gasteiger partial charge on any atom is -0.411 e. The van der Waals surface area contributed by atoms with Gasteiger partial charge in [0.1, 0.15) is 0 Å². The van der Waals surface area contributed by atoms with Gasteiger partial charge in [0.2, 0.25) is 0 Å². The molecule has 0 aliphatic rings.